The Bertz CT molecular complexity index is 1080. The van der Waals surface area contributed by atoms with Crippen LogP contribution in [0.4, 0.5) is 0 Å². The van der Waals surface area contributed by atoms with E-state index in [0.717, 1.165) is 40.9 Å². The Kier molecular flexibility index (Phi) is 6.51. The third-order valence-corrected chi connectivity index (χ3v) is 5.11. The molecular formula is C27H26O3. The molecule has 0 aliphatic heterocycles. The zero-order chi connectivity index (χ0) is 20.6. The molecule has 0 atom stereocenters. The van der Waals surface area contributed by atoms with Gasteiger partial charge < -0.3 is 14.2 Å². The molecule has 0 saturated heterocycles. The molecule has 30 heavy (non-hydrogen) atoms. The predicted octanol–water partition coefficient (Wildman–Crippen LogP) is 6.09. The van der Waals surface area contributed by atoms with Crippen LogP contribution in [0.15, 0.2) is 91.0 Å². The second-order valence-electron chi connectivity index (χ2n) is 7.12. The summed E-state index contributed by atoms with van der Waals surface area (Å²) in [5, 5.41) is 2.03. The van der Waals surface area contributed by atoms with Crippen LogP contribution in [0, 0.1) is 0 Å². The molecule has 152 valence electrons. The average Bonchev–Trinajstić information content (AvgIpc) is 2.80. The lowest BCUT2D eigenvalue weighted by atomic mass is 10.1. The first-order chi connectivity index (χ1) is 14.8. The molecule has 0 fully saturated rings. The van der Waals surface area contributed by atoms with Crippen LogP contribution in [0.3, 0.4) is 0 Å². The van der Waals surface area contributed by atoms with Crippen LogP contribution >= 0.6 is 0 Å². The van der Waals surface area contributed by atoms with Crippen molar-refractivity contribution < 1.29 is 14.2 Å². The molecular weight excluding hydrogens is 372 g/mol. The SMILES string of the molecule is COc1ccc2cccc(OCCc3ccccc3)c2c1OCCc1ccccc1. The summed E-state index contributed by atoms with van der Waals surface area (Å²) in [7, 11) is 1.67. The highest BCUT2D eigenvalue weighted by molar-refractivity contribution is 5.95. The third kappa shape index (κ3) is 4.74. The summed E-state index contributed by atoms with van der Waals surface area (Å²) in [5.41, 5.74) is 2.51. The Hall–Kier alpha value is -3.46. The third-order valence-electron chi connectivity index (χ3n) is 5.11. The van der Waals surface area contributed by atoms with E-state index >= 15 is 0 Å². The van der Waals surface area contributed by atoms with Gasteiger partial charge in [0.05, 0.1) is 25.7 Å². The van der Waals surface area contributed by atoms with E-state index in [1.165, 1.54) is 11.1 Å². The van der Waals surface area contributed by atoms with Gasteiger partial charge in [0.25, 0.3) is 0 Å². The lowest BCUT2D eigenvalue weighted by Gasteiger charge is -2.17. The number of ether oxygens (including phenoxy) is 3. The second-order valence-corrected chi connectivity index (χ2v) is 7.12. The Balaban J connectivity index is 1.55. The number of methoxy groups -OCH3 is 1. The number of rotatable bonds is 9. The first-order valence-electron chi connectivity index (χ1n) is 10.3. The highest BCUT2D eigenvalue weighted by atomic mass is 16.5. The molecule has 0 aliphatic carbocycles. The van der Waals surface area contributed by atoms with Crippen LogP contribution in [0.25, 0.3) is 10.8 Å². The van der Waals surface area contributed by atoms with Crippen molar-refractivity contribution in [2.45, 2.75) is 12.8 Å². The van der Waals surface area contributed by atoms with Gasteiger partial charge in [-0.15, -0.1) is 0 Å². The maximum atomic E-state index is 6.25. The number of hydrogen-bond acceptors (Lipinski definition) is 3. The molecule has 0 amide bonds. The molecule has 4 aromatic carbocycles. The molecule has 0 aliphatic rings. The maximum Gasteiger partial charge on any atom is 0.172 e. The van der Waals surface area contributed by atoms with Crippen molar-refractivity contribution in [3.63, 3.8) is 0 Å². The largest absolute Gasteiger partial charge is 0.493 e. The van der Waals surface area contributed by atoms with Crippen molar-refractivity contribution >= 4 is 10.8 Å². The zero-order valence-corrected chi connectivity index (χ0v) is 17.2. The van der Waals surface area contributed by atoms with Crippen molar-refractivity contribution in [1.29, 1.82) is 0 Å². The number of fused-ring (bicyclic) bond motifs is 1. The second kappa shape index (κ2) is 9.84. The molecule has 0 saturated carbocycles. The monoisotopic (exact) mass is 398 g/mol. The molecule has 3 heteroatoms. The van der Waals surface area contributed by atoms with Crippen LogP contribution < -0.4 is 14.2 Å². The molecule has 0 N–H and O–H groups in total. The first kappa shape index (κ1) is 19.8. The summed E-state index contributed by atoms with van der Waals surface area (Å²) in [6, 6.07) is 30.8. The molecule has 0 radical (unpaired) electrons. The van der Waals surface area contributed by atoms with Gasteiger partial charge in [0.2, 0.25) is 0 Å². The van der Waals surface area contributed by atoms with Crippen LogP contribution in [0.2, 0.25) is 0 Å². The maximum absolute atomic E-state index is 6.25. The summed E-state index contributed by atoms with van der Waals surface area (Å²) in [6.45, 7) is 1.17. The van der Waals surface area contributed by atoms with E-state index in [1.807, 2.05) is 48.5 Å². The summed E-state index contributed by atoms with van der Waals surface area (Å²) in [6.07, 6.45) is 1.68. The summed E-state index contributed by atoms with van der Waals surface area (Å²) in [5.74, 6) is 2.27. The quantitative estimate of drug-likeness (QED) is 0.341. The van der Waals surface area contributed by atoms with Gasteiger partial charge in [-0.1, -0.05) is 78.9 Å². The van der Waals surface area contributed by atoms with E-state index < -0.39 is 0 Å². The Morgan fingerprint density at radius 3 is 1.83 bits per heavy atom. The fraction of sp³-hybridized carbons (Fsp3) is 0.185. The van der Waals surface area contributed by atoms with Gasteiger partial charge in [0.15, 0.2) is 11.5 Å². The van der Waals surface area contributed by atoms with Crippen LogP contribution in [-0.2, 0) is 12.8 Å². The smallest absolute Gasteiger partial charge is 0.172 e. The van der Waals surface area contributed by atoms with Gasteiger partial charge >= 0.3 is 0 Å². The Morgan fingerprint density at radius 2 is 1.20 bits per heavy atom. The zero-order valence-electron chi connectivity index (χ0n) is 17.2. The van der Waals surface area contributed by atoms with Gasteiger partial charge in [-0.3, -0.25) is 0 Å². The van der Waals surface area contributed by atoms with E-state index in [9.17, 15) is 0 Å². The molecule has 3 nitrogen and oxygen atoms in total. The van der Waals surface area contributed by atoms with E-state index in [1.54, 1.807) is 7.11 Å². The molecule has 0 spiro atoms. The summed E-state index contributed by atoms with van der Waals surface area (Å²) in [4.78, 5) is 0. The van der Waals surface area contributed by atoms with E-state index in [0.29, 0.717) is 13.2 Å². The number of hydrogen-bond donors (Lipinski definition) is 0. The van der Waals surface area contributed by atoms with Crippen molar-refractivity contribution in [3.05, 3.63) is 102 Å². The Labute approximate surface area is 177 Å². The fourth-order valence-corrected chi connectivity index (χ4v) is 3.56. The minimum Gasteiger partial charge on any atom is -0.493 e. The van der Waals surface area contributed by atoms with Crippen LogP contribution in [0.5, 0.6) is 17.2 Å². The topological polar surface area (TPSA) is 27.7 Å². The van der Waals surface area contributed by atoms with Crippen molar-refractivity contribution in [3.8, 4) is 17.2 Å². The molecule has 4 aromatic rings. The molecule has 0 aromatic heterocycles. The van der Waals surface area contributed by atoms with Crippen molar-refractivity contribution in [1.82, 2.24) is 0 Å². The van der Waals surface area contributed by atoms with Crippen LogP contribution in [-0.4, -0.2) is 20.3 Å². The van der Waals surface area contributed by atoms with Gasteiger partial charge in [-0.05, 0) is 28.6 Å². The fourth-order valence-electron chi connectivity index (χ4n) is 3.56. The molecule has 0 heterocycles. The average molecular weight is 399 g/mol. The normalized spacial score (nSPS) is 10.7. The number of benzene rings is 4. The minimum atomic E-state index is 0.567. The lowest BCUT2D eigenvalue weighted by molar-refractivity contribution is 0.297. The van der Waals surface area contributed by atoms with Gasteiger partial charge in [-0.25, -0.2) is 0 Å². The Morgan fingerprint density at radius 1 is 0.567 bits per heavy atom. The van der Waals surface area contributed by atoms with Gasteiger partial charge in [0.1, 0.15) is 5.75 Å². The highest BCUT2D eigenvalue weighted by Crippen LogP contribution is 2.41. The van der Waals surface area contributed by atoms with Crippen molar-refractivity contribution in [2.24, 2.45) is 0 Å². The molecule has 0 unspecified atom stereocenters. The van der Waals surface area contributed by atoms with E-state index in [2.05, 4.69) is 42.5 Å². The van der Waals surface area contributed by atoms with Gasteiger partial charge in [-0.2, -0.15) is 0 Å². The predicted molar refractivity (Wildman–Crippen MR) is 122 cm³/mol. The summed E-state index contributed by atoms with van der Waals surface area (Å²) >= 11 is 0. The summed E-state index contributed by atoms with van der Waals surface area (Å²) < 4.78 is 18.0. The van der Waals surface area contributed by atoms with Gasteiger partial charge in [0, 0.05) is 12.8 Å². The molecule has 4 rings (SSSR count). The van der Waals surface area contributed by atoms with E-state index in [4.69, 9.17) is 14.2 Å². The lowest BCUT2D eigenvalue weighted by Crippen LogP contribution is -2.05. The molecule has 0 bridgehead atoms. The minimum absolute atomic E-state index is 0.567. The highest BCUT2D eigenvalue weighted by Gasteiger charge is 2.15. The first-order valence-corrected chi connectivity index (χ1v) is 10.3. The van der Waals surface area contributed by atoms with E-state index in [-0.39, 0.29) is 0 Å². The van der Waals surface area contributed by atoms with Crippen LogP contribution in [0.1, 0.15) is 11.1 Å². The standard InChI is InChI=1S/C27H26O3/c1-28-25-16-15-23-13-8-14-24(29-19-17-21-9-4-2-5-10-21)26(23)27(25)30-20-18-22-11-6-3-7-12-22/h2-16H,17-20H2,1H3. The van der Waals surface area contributed by atoms with Crippen molar-refractivity contribution in [2.75, 3.05) is 20.3 Å².